The van der Waals surface area contributed by atoms with Gasteiger partial charge in [0, 0.05) is 23.1 Å². The fourth-order valence-corrected chi connectivity index (χ4v) is 10.1. The Kier molecular flexibility index (Phi) is 10.5. The Morgan fingerprint density at radius 2 is 1.53 bits per heavy atom. The first-order valence-electron chi connectivity index (χ1n) is 20.3. The van der Waals surface area contributed by atoms with Crippen molar-refractivity contribution < 1.29 is 42.9 Å². The van der Waals surface area contributed by atoms with Crippen LogP contribution in [0.25, 0.3) is 12.2 Å². The monoisotopic (exact) mass is 852 g/mol. The minimum Gasteiger partial charge on any atom is -0.508 e. The molecular formula is C50H42ClFN2O8. The minimum absolute atomic E-state index is 0.0966. The van der Waals surface area contributed by atoms with Crippen LogP contribution in [0.4, 0.5) is 15.8 Å². The number of rotatable bonds is 10. The molecular weight excluding hydrogens is 811 g/mol. The van der Waals surface area contributed by atoms with Crippen LogP contribution < -0.4 is 24.0 Å². The molecule has 1 N–H and O–H groups in total. The summed E-state index contributed by atoms with van der Waals surface area (Å²) in [6, 6.07) is 30.7. The quantitative estimate of drug-likeness (QED) is 0.0838. The molecule has 314 valence electrons. The maximum absolute atomic E-state index is 14.8. The standard InChI is InChI=1S/C50H42ClFN2O8/c1-50-39(47(57)54(49(50)59)32-15-21-41(52)40(51)24-32)26-38-35(45(50)36-18-16-34(25-42(36)55)62-27-29-7-5-4-6-8-29)19-20-37-44(38)48(58)53(46(37)56)31-13-10-28(11-14-31)9-12-30-23-33(60-2)17-22-43(30)61-3/h4-19,21-25,37-39,44-45,55H,20,26-27H2,1-3H3. The summed E-state index contributed by atoms with van der Waals surface area (Å²) in [6.07, 6.45) is 6.02. The molecule has 5 aromatic rings. The number of amides is 4. The molecule has 2 aliphatic carbocycles. The number of halogens is 2. The maximum atomic E-state index is 14.8. The van der Waals surface area contributed by atoms with Crippen molar-refractivity contribution in [1.82, 2.24) is 0 Å². The molecule has 2 heterocycles. The predicted octanol–water partition coefficient (Wildman–Crippen LogP) is 9.39. The number of phenolic OH excluding ortho intramolecular Hbond substituents is 1. The topological polar surface area (TPSA) is 123 Å². The first-order valence-corrected chi connectivity index (χ1v) is 20.7. The van der Waals surface area contributed by atoms with E-state index in [1.54, 1.807) is 45.4 Å². The maximum Gasteiger partial charge on any atom is 0.241 e. The number of nitrogens with zero attached hydrogens (tertiary/aromatic N) is 2. The zero-order chi connectivity index (χ0) is 43.4. The third kappa shape index (κ3) is 6.71. The van der Waals surface area contributed by atoms with E-state index in [9.17, 15) is 28.7 Å². The van der Waals surface area contributed by atoms with Crippen LogP contribution in [-0.2, 0) is 25.8 Å². The Labute approximate surface area is 362 Å². The lowest BCUT2D eigenvalue weighted by molar-refractivity contribution is -0.131. The molecule has 2 saturated heterocycles. The van der Waals surface area contributed by atoms with Crippen molar-refractivity contribution in [2.75, 3.05) is 24.0 Å². The molecule has 10 nitrogen and oxygen atoms in total. The molecule has 3 fully saturated rings. The number of fused-ring (bicyclic) bond motifs is 4. The molecule has 0 radical (unpaired) electrons. The second kappa shape index (κ2) is 16.0. The Hall–Kier alpha value is -6.72. The van der Waals surface area contributed by atoms with Crippen molar-refractivity contribution >= 4 is 58.8 Å². The van der Waals surface area contributed by atoms with Gasteiger partial charge in [0.2, 0.25) is 23.6 Å². The lowest BCUT2D eigenvalue weighted by Crippen LogP contribution is -2.48. The first-order chi connectivity index (χ1) is 29.9. The van der Waals surface area contributed by atoms with Crippen LogP contribution in [0.3, 0.4) is 0 Å². The molecule has 0 spiro atoms. The molecule has 6 unspecified atom stereocenters. The third-order valence-electron chi connectivity index (χ3n) is 13.0. The van der Waals surface area contributed by atoms with Gasteiger partial charge in [-0.2, -0.15) is 0 Å². The zero-order valence-electron chi connectivity index (χ0n) is 34.1. The highest BCUT2D eigenvalue weighted by atomic mass is 35.5. The highest BCUT2D eigenvalue weighted by Gasteiger charge is 2.68. The van der Waals surface area contributed by atoms with Gasteiger partial charge in [0.25, 0.3) is 0 Å². The van der Waals surface area contributed by atoms with Crippen LogP contribution in [0.1, 0.15) is 47.9 Å². The molecule has 6 atom stereocenters. The van der Waals surface area contributed by atoms with E-state index in [0.29, 0.717) is 34.1 Å². The highest BCUT2D eigenvalue weighted by molar-refractivity contribution is 6.32. The summed E-state index contributed by atoms with van der Waals surface area (Å²) in [7, 11) is 3.18. The summed E-state index contributed by atoms with van der Waals surface area (Å²) in [5, 5.41) is 11.5. The van der Waals surface area contributed by atoms with Crippen molar-refractivity contribution in [3.05, 3.63) is 154 Å². The van der Waals surface area contributed by atoms with Crippen LogP contribution in [-0.4, -0.2) is 43.0 Å². The molecule has 9 rings (SSSR count). The summed E-state index contributed by atoms with van der Waals surface area (Å²) in [6.45, 7) is 1.97. The fraction of sp³-hybridized carbons (Fsp3) is 0.240. The van der Waals surface area contributed by atoms with Crippen molar-refractivity contribution in [2.45, 2.75) is 32.3 Å². The van der Waals surface area contributed by atoms with Crippen molar-refractivity contribution in [2.24, 2.45) is 29.1 Å². The van der Waals surface area contributed by atoms with E-state index < -0.39 is 58.5 Å². The highest BCUT2D eigenvalue weighted by Crippen LogP contribution is 2.64. The molecule has 4 amide bonds. The van der Waals surface area contributed by atoms with Crippen LogP contribution in [0.5, 0.6) is 23.0 Å². The van der Waals surface area contributed by atoms with Crippen LogP contribution in [0, 0.1) is 34.9 Å². The second-order valence-electron chi connectivity index (χ2n) is 16.3. The van der Waals surface area contributed by atoms with Gasteiger partial charge in [-0.15, -0.1) is 0 Å². The van der Waals surface area contributed by atoms with Gasteiger partial charge < -0.3 is 19.3 Å². The number of allylic oxidation sites excluding steroid dienone is 2. The van der Waals surface area contributed by atoms with E-state index >= 15 is 0 Å². The molecule has 5 aromatic carbocycles. The van der Waals surface area contributed by atoms with Crippen LogP contribution >= 0.6 is 11.6 Å². The predicted molar refractivity (Wildman–Crippen MR) is 232 cm³/mol. The lowest BCUT2D eigenvalue weighted by Gasteiger charge is -2.49. The number of hydrogen-bond acceptors (Lipinski definition) is 8. The fourth-order valence-electron chi connectivity index (χ4n) is 9.97. The van der Waals surface area contributed by atoms with Crippen molar-refractivity contribution in [3.8, 4) is 23.0 Å². The number of carbonyl (C=O) groups is 4. The average Bonchev–Trinajstić information content (AvgIpc) is 3.65. The Bertz CT molecular complexity index is 2700. The number of imide groups is 2. The van der Waals surface area contributed by atoms with Gasteiger partial charge in [0.1, 0.15) is 35.4 Å². The molecule has 1 saturated carbocycles. The summed E-state index contributed by atoms with van der Waals surface area (Å²) in [5.74, 6) is -4.92. The zero-order valence-corrected chi connectivity index (χ0v) is 34.8. The van der Waals surface area contributed by atoms with E-state index in [2.05, 4.69) is 0 Å². The summed E-state index contributed by atoms with van der Waals surface area (Å²) in [5.41, 5.74) is 2.73. The SMILES string of the molecule is COc1ccc(OC)c(C=Cc2ccc(N3C(=O)C4CC=C5C(CC6C(=O)N(c7ccc(F)c(Cl)c7)C(=O)C6(C)C5c5ccc(OCc6ccccc6)cc5O)C4C3=O)cc2)c1. The number of aromatic hydroxyl groups is 1. The van der Waals surface area contributed by atoms with E-state index in [4.69, 9.17) is 25.8 Å². The molecule has 12 heteroatoms. The number of methoxy groups -OCH3 is 2. The van der Waals surface area contributed by atoms with Crippen LogP contribution in [0.2, 0.25) is 5.02 Å². The number of benzene rings is 5. The van der Waals surface area contributed by atoms with E-state index in [-0.39, 0.29) is 41.8 Å². The molecule has 0 aromatic heterocycles. The smallest absolute Gasteiger partial charge is 0.241 e. The largest absolute Gasteiger partial charge is 0.508 e. The van der Waals surface area contributed by atoms with E-state index in [1.165, 1.54) is 23.1 Å². The average molecular weight is 853 g/mol. The summed E-state index contributed by atoms with van der Waals surface area (Å²) in [4.78, 5) is 60.7. The minimum atomic E-state index is -1.44. The second-order valence-corrected chi connectivity index (χ2v) is 16.7. The van der Waals surface area contributed by atoms with Gasteiger partial charge in [0.05, 0.1) is 53.8 Å². The molecule has 0 bridgehead atoms. The normalized spacial score (nSPS) is 24.2. The molecule has 2 aliphatic heterocycles. The Balaban J connectivity index is 1.06. The first kappa shape index (κ1) is 40.7. The van der Waals surface area contributed by atoms with Gasteiger partial charge in [-0.05, 0) is 91.4 Å². The van der Waals surface area contributed by atoms with Crippen molar-refractivity contribution in [3.63, 3.8) is 0 Å². The lowest BCUT2D eigenvalue weighted by atomic mass is 9.51. The molecule has 4 aliphatic rings. The number of phenols is 1. The van der Waals surface area contributed by atoms with Crippen molar-refractivity contribution in [1.29, 1.82) is 0 Å². The van der Waals surface area contributed by atoms with Gasteiger partial charge in [-0.3, -0.25) is 24.1 Å². The number of carbonyl (C=O) groups excluding carboxylic acids is 4. The third-order valence-corrected chi connectivity index (χ3v) is 13.3. The van der Waals surface area contributed by atoms with Gasteiger partial charge in [-0.1, -0.05) is 83.9 Å². The summed E-state index contributed by atoms with van der Waals surface area (Å²) < 4.78 is 31.2. The molecule has 62 heavy (non-hydrogen) atoms. The van der Waals surface area contributed by atoms with E-state index in [0.717, 1.165) is 27.7 Å². The number of ether oxygens (including phenoxy) is 3. The van der Waals surface area contributed by atoms with E-state index in [1.807, 2.05) is 78.9 Å². The number of hydrogen-bond donors (Lipinski definition) is 1. The Morgan fingerprint density at radius 1 is 0.790 bits per heavy atom. The number of anilines is 2. The van der Waals surface area contributed by atoms with Gasteiger partial charge >= 0.3 is 0 Å². The van der Waals surface area contributed by atoms with Gasteiger partial charge in [-0.25, -0.2) is 9.29 Å². The summed E-state index contributed by atoms with van der Waals surface area (Å²) >= 11 is 6.16. The Morgan fingerprint density at radius 3 is 2.24 bits per heavy atom. The van der Waals surface area contributed by atoms with Crippen LogP contribution in [0.15, 0.2) is 121 Å². The van der Waals surface area contributed by atoms with Gasteiger partial charge in [0.15, 0.2) is 0 Å².